The average Bonchev–Trinajstić information content (AvgIpc) is 2.54. The maximum atomic E-state index is 12.2. The topological polar surface area (TPSA) is 43.8 Å². The monoisotopic (exact) mass is 240 g/mol. The SMILES string of the molecule is CN(CC1CC(O)C1)C(=O)N1CCCCCC1. The van der Waals surface area contributed by atoms with Crippen molar-refractivity contribution in [3.05, 3.63) is 0 Å². The summed E-state index contributed by atoms with van der Waals surface area (Å²) in [4.78, 5) is 16.0. The van der Waals surface area contributed by atoms with Crippen LogP contribution in [0.5, 0.6) is 0 Å². The highest BCUT2D eigenvalue weighted by atomic mass is 16.3. The van der Waals surface area contributed by atoms with Crippen LogP contribution in [-0.2, 0) is 0 Å². The molecule has 2 amide bonds. The molecule has 0 spiro atoms. The van der Waals surface area contributed by atoms with E-state index in [1.807, 2.05) is 16.8 Å². The maximum absolute atomic E-state index is 12.2. The zero-order chi connectivity index (χ0) is 12.3. The summed E-state index contributed by atoms with van der Waals surface area (Å²) in [5.74, 6) is 0.505. The largest absolute Gasteiger partial charge is 0.393 e. The third kappa shape index (κ3) is 3.35. The predicted molar refractivity (Wildman–Crippen MR) is 66.8 cm³/mol. The Bertz CT molecular complexity index is 256. The molecule has 1 N–H and O–H groups in total. The second-order valence-corrected chi connectivity index (χ2v) is 5.56. The molecule has 0 aromatic carbocycles. The quantitative estimate of drug-likeness (QED) is 0.798. The van der Waals surface area contributed by atoms with E-state index in [0.29, 0.717) is 5.92 Å². The van der Waals surface area contributed by atoms with E-state index in [4.69, 9.17) is 0 Å². The summed E-state index contributed by atoms with van der Waals surface area (Å²) in [6.45, 7) is 2.62. The fraction of sp³-hybridized carbons (Fsp3) is 0.923. The van der Waals surface area contributed by atoms with Gasteiger partial charge in [0, 0.05) is 26.7 Å². The van der Waals surface area contributed by atoms with Crippen LogP contribution in [0.25, 0.3) is 0 Å². The van der Waals surface area contributed by atoms with Crippen molar-refractivity contribution in [3.8, 4) is 0 Å². The molecule has 98 valence electrons. The number of hydrogen-bond donors (Lipinski definition) is 1. The molecule has 0 radical (unpaired) electrons. The lowest BCUT2D eigenvalue weighted by Gasteiger charge is -2.36. The van der Waals surface area contributed by atoms with E-state index in [-0.39, 0.29) is 12.1 Å². The summed E-state index contributed by atoms with van der Waals surface area (Å²) in [7, 11) is 1.89. The van der Waals surface area contributed by atoms with Gasteiger partial charge in [0.1, 0.15) is 0 Å². The van der Waals surface area contributed by atoms with Gasteiger partial charge in [0.2, 0.25) is 0 Å². The van der Waals surface area contributed by atoms with Gasteiger partial charge in [-0.3, -0.25) is 0 Å². The normalized spacial score (nSPS) is 29.4. The first-order valence-corrected chi connectivity index (χ1v) is 6.85. The summed E-state index contributed by atoms with van der Waals surface area (Å²) in [5, 5.41) is 9.24. The molecule has 0 atom stereocenters. The first kappa shape index (κ1) is 12.7. The molecule has 17 heavy (non-hydrogen) atoms. The van der Waals surface area contributed by atoms with E-state index in [0.717, 1.165) is 45.3 Å². The average molecular weight is 240 g/mol. The lowest BCUT2D eigenvalue weighted by Crippen LogP contribution is -2.46. The highest BCUT2D eigenvalue weighted by Gasteiger charge is 2.30. The number of carbonyl (C=O) groups excluding carboxylic acids is 1. The summed E-state index contributed by atoms with van der Waals surface area (Å²) < 4.78 is 0. The molecule has 2 fully saturated rings. The van der Waals surface area contributed by atoms with Crippen LogP contribution in [0.15, 0.2) is 0 Å². The van der Waals surface area contributed by atoms with E-state index < -0.39 is 0 Å². The number of carbonyl (C=O) groups is 1. The number of hydrogen-bond acceptors (Lipinski definition) is 2. The molecular weight excluding hydrogens is 216 g/mol. The molecule has 4 heteroatoms. The van der Waals surface area contributed by atoms with E-state index in [1.165, 1.54) is 12.8 Å². The summed E-state index contributed by atoms with van der Waals surface area (Å²) in [6.07, 6.45) is 6.38. The Balaban J connectivity index is 1.77. The Morgan fingerprint density at radius 1 is 1.24 bits per heavy atom. The van der Waals surface area contributed by atoms with Crippen LogP contribution in [0.4, 0.5) is 4.79 Å². The highest BCUT2D eigenvalue weighted by Crippen LogP contribution is 2.27. The van der Waals surface area contributed by atoms with E-state index in [9.17, 15) is 9.90 Å². The van der Waals surface area contributed by atoms with E-state index >= 15 is 0 Å². The molecule has 0 aromatic heterocycles. The lowest BCUT2D eigenvalue weighted by atomic mass is 9.82. The summed E-state index contributed by atoms with van der Waals surface area (Å²) in [6, 6.07) is 0.174. The van der Waals surface area contributed by atoms with Crippen molar-refractivity contribution >= 4 is 6.03 Å². The number of nitrogens with zero attached hydrogens (tertiary/aromatic N) is 2. The molecule has 1 saturated carbocycles. The number of rotatable bonds is 2. The van der Waals surface area contributed by atoms with Crippen LogP contribution in [0.2, 0.25) is 0 Å². The van der Waals surface area contributed by atoms with Crippen LogP contribution in [0.3, 0.4) is 0 Å². The maximum Gasteiger partial charge on any atom is 0.319 e. The Morgan fingerprint density at radius 2 is 1.82 bits per heavy atom. The molecule has 2 rings (SSSR count). The molecule has 2 aliphatic rings. The van der Waals surface area contributed by atoms with Crippen molar-refractivity contribution in [1.29, 1.82) is 0 Å². The highest BCUT2D eigenvalue weighted by molar-refractivity contribution is 5.74. The molecule has 1 heterocycles. The van der Waals surface area contributed by atoms with Crippen molar-refractivity contribution in [2.24, 2.45) is 5.92 Å². The minimum atomic E-state index is -0.123. The van der Waals surface area contributed by atoms with Crippen LogP contribution in [-0.4, -0.2) is 53.7 Å². The van der Waals surface area contributed by atoms with Crippen LogP contribution in [0.1, 0.15) is 38.5 Å². The van der Waals surface area contributed by atoms with Crippen molar-refractivity contribution in [1.82, 2.24) is 9.80 Å². The van der Waals surface area contributed by atoms with Crippen molar-refractivity contribution in [2.45, 2.75) is 44.6 Å². The van der Waals surface area contributed by atoms with Gasteiger partial charge in [0.05, 0.1) is 6.10 Å². The van der Waals surface area contributed by atoms with Crippen molar-refractivity contribution in [3.63, 3.8) is 0 Å². The predicted octanol–water partition coefficient (Wildman–Crippen LogP) is 1.69. The van der Waals surface area contributed by atoms with E-state index in [2.05, 4.69) is 0 Å². The van der Waals surface area contributed by atoms with Gasteiger partial charge in [-0.2, -0.15) is 0 Å². The standard InChI is InChI=1S/C13H24N2O2/c1-14(10-11-8-12(16)9-11)13(17)15-6-4-2-3-5-7-15/h11-12,16H,2-10H2,1H3. The third-order valence-electron chi connectivity index (χ3n) is 3.95. The van der Waals surface area contributed by atoms with E-state index in [1.54, 1.807) is 0 Å². The lowest BCUT2D eigenvalue weighted by molar-refractivity contribution is 0.0302. The minimum absolute atomic E-state index is 0.123. The van der Waals surface area contributed by atoms with Crippen LogP contribution < -0.4 is 0 Å². The number of amides is 2. The molecule has 0 unspecified atom stereocenters. The van der Waals surface area contributed by atoms with Crippen molar-refractivity contribution in [2.75, 3.05) is 26.7 Å². The summed E-state index contributed by atoms with van der Waals surface area (Å²) in [5.41, 5.74) is 0. The molecule has 1 saturated heterocycles. The second-order valence-electron chi connectivity index (χ2n) is 5.56. The number of likely N-dealkylation sites (tertiary alicyclic amines) is 1. The number of aliphatic hydroxyl groups excluding tert-OH is 1. The van der Waals surface area contributed by atoms with Gasteiger partial charge < -0.3 is 14.9 Å². The molecule has 4 nitrogen and oxygen atoms in total. The number of urea groups is 1. The zero-order valence-corrected chi connectivity index (χ0v) is 10.8. The molecule has 0 aromatic rings. The van der Waals surface area contributed by atoms with Gasteiger partial charge in [-0.15, -0.1) is 0 Å². The Kier molecular flexibility index (Phi) is 4.26. The minimum Gasteiger partial charge on any atom is -0.393 e. The molecule has 0 bridgehead atoms. The first-order valence-electron chi connectivity index (χ1n) is 6.85. The number of aliphatic hydroxyl groups is 1. The Hall–Kier alpha value is -0.770. The zero-order valence-electron chi connectivity index (χ0n) is 10.8. The summed E-state index contributed by atoms with van der Waals surface area (Å²) >= 11 is 0. The van der Waals surface area contributed by atoms with Crippen molar-refractivity contribution < 1.29 is 9.90 Å². The van der Waals surface area contributed by atoms with Gasteiger partial charge in [-0.25, -0.2) is 4.79 Å². The van der Waals surface area contributed by atoms with Crippen LogP contribution >= 0.6 is 0 Å². The van der Waals surface area contributed by atoms with Gasteiger partial charge in [-0.05, 0) is 31.6 Å². The smallest absolute Gasteiger partial charge is 0.319 e. The third-order valence-corrected chi connectivity index (χ3v) is 3.95. The fourth-order valence-corrected chi connectivity index (χ4v) is 2.82. The van der Waals surface area contributed by atoms with Gasteiger partial charge >= 0.3 is 6.03 Å². The molecule has 1 aliphatic heterocycles. The Morgan fingerprint density at radius 3 is 2.35 bits per heavy atom. The second kappa shape index (κ2) is 5.71. The van der Waals surface area contributed by atoms with Gasteiger partial charge in [-0.1, -0.05) is 12.8 Å². The van der Waals surface area contributed by atoms with Gasteiger partial charge in [0.15, 0.2) is 0 Å². The Labute approximate surface area is 104 Å². The molecular formula is C13H24N2O2. The van der Waals surface area contributed by atoms with Crippen LogP contribution in [0, 0.1) is 5.92 Å². The molecule has 1 aliphatic carbocycles. The fourth-order valence-electron chi connectivity index (χ4n) is 2.82. The van der Waals surface area contributed by atoms with Gasteiger partial charge in [0.25, 0.3) is 0 Å². The first-order chi connectivity index (χ1) is 8.16.